The molecule has 2 aromatic carbocycles. The highest BCUT2D eigenvalue weighted by Crippen LogP contribution is 2.27. The van der Waals surface area contributed by atoms with Gasteiger partial charge in [-0.3, -0.25) is 0 Å². The molecule has 4 nitrogen and oxygen atoms in total. The molecule has 4 N–H and O–H groups in total. The summed E-state index contributed by atoms with van der Waals surface area (Å²) in [4.78, 5) is 7.12. The number of imidazole rings is 1. The Kier molecular flexibility index (Phi) is 2.37. The van der Waals surface area contributed by atoms with Crippen LogP contribution in [0.1, 0.15) is 0 Å². The van der Waals surface area contributed by atoms with Crippen molar-refractivity contribution in [3.63, 3.8) is 0 Å². The number of nitrogen functional groups attached to an aromatic ring is 1. The average molecular weight is 242 g/mol. The average Bonchev–Trinajstić information content (AvgIpc) is 2.81. The number of hydrogen-bond acceptors (Lipinski definition) is 3. The first kappa shape index (κ1) is 10.6. The molecule has 0 saturated carbocycles. The highest BCUT2D eigenvalue weighted by atomic mass is 19.1. The molecule has 3 aromatic rings. The van der Waals surface area contributed by atoms with Crippen LogP contribution in [0.3, 0.4) is 0 Å². The summed E-state index contributed by atoms with van der Waals surface area (Å²) in [5, 5.41) is 2.97. The van der Waals surface area contributed by atoms with Crippen LogP contribution in [-0.4, -0.2) is 9.97 Å². The van der Waals surface area contributed by atoms with Crippen LogP contribution < -0.4 is 11.1 Å². The van der Waals surface area contributed by atoms with Gasteiger partial charge >= 0.3 is 0 Å². The number of nitrogens with zero attached hydrogens (tertiary/aromatic N) is 1. The normalized spacial score (nSPS) is 10.7. The third kappa shape index (κ3) is 1.75. The second kappa shape index (κ2) is 4.03. The van der Waals surface area contributed by atoms with Crippen molar-refractivity contribution in [1.29, 1.82) is 0 Å². The number of benzene rings is 2. The fourth-order valence-corrected chi connectivity index (χ4v) is 1.83. The Hall–Kier alpha value is -2.56. The number of hydrogen-bond donors (Lipinski definition) is 3. The molecule has 0 radical (unpaired) electrons. The Labute approximate surface area is 103 Å². The van der Waals surface area contributed by atoms with Gasteiger partial charge in [-0.25, -0.2) is 9.37 Å². The topological polar surface area (TPSA) is 66.7 Å². The Morgan fingerprint density at radius 3 is 2.94 bits per heavy atom. The van der Waals surface area contributed by atoms with Crippen molar-refractivity contribution in [3.8, 4) is 0 Å². The van der Waals surface area contributed by atoms with Crippen molar-refractivity contribution in [1.82, 2.24) is 9.97 Å². The number of aromatic nitrogens is 2. The molecular weight excluding hydrogens is 231 g/mol. The summed E-state index contributed by atoms with van der Waals surface area (Å²) in [6.07, 6.45) is 1.62. The van der Waals surface area contributed by atoms with E-state index in [2.05, 4.69) is 15.3 Å². The largest absolute Gasteiger partial charge is 0.397 e. The SMILES string of the molecule is Nc1cccc(F)c1Nc1ccc2nc[nH]c2c1. The second-order valence-corrected chi connectivity index (χ2v) is 3.96. The number of halogens is 1. The van der Waals surface area contributed by atoms with Gasteiger partial charge in [0.25, 0.3) is 0 Å². The zero-order valence-electron chi connectivity index (χ0n) is 9.44. The van der Waals surface area contributed by atoms with Crippen LogP contribution in [0.2, 0.25) is 0 Å². The van der Waals surface area contributed by atoms with Crippen molar-refractivity contribution >= 4 is 28.1 Å². The Bertz CT molecular complexity index is 685. The van der Waals surface area contributed by atoms with E-state index < -0.39 is 0 Å². The minimum absolute atomic E-state index is 0.288. The molecule has 0 unspecified atom stereocenters. The van der Waals surface area contributed by atoms with Gasteiger partial charge in [0, 0.05) is 5.69 Å². The van der Waals surface area contributed by atoms with E-state index in [0.717, 1.165) is 16.7 Å². The summed E-state index contributed by atoms with van der Waals surface area (Å²) in [5.74, 6) is -0.375. The lowest BCUT2D eigenvalue weighted by Crippen LogP contribution is -1.99. The van der Waals surface area contributed by atoms with E-state index in [0.29, 0.717) is 5.69 Å². The lowest BCUT2D eigenvalue weighted by Gasteiger charge is -2.10. The van der Waals surface area contributed by atoms with E-state index in [1.165, 1.54) is 6.07 Å². The van der Waals surface area contributed by atoms with Gasteiger partial charge in [0.1, 0.15) is 5.82 Å². The fraction of sp³-hybridized carbons (Fsp3) is 0. The summed E-state index contributed by atoms with van der Waals surface area (Å²) < 4.78 is 13.6. The summed E-state index contributed by atoms with van der Waals surface area (Å²) >= 11 is 0. The maximum atomic E-state index is 13.6. The van der Waals surface area contributed by atoms with Gasteiger partial charge in [-0.05, 0) is 30.3 Å². The molecule has 0 bridgehead atoms. The van der Waals surface area contributed by atoms with Crippen molar-refractivity contribution in [2.75, 3.05) is 11.1 Å². The zero-order valence-corrected chi connectivity index (χ0v) is 9.44. The molecule has 0 aliphatic carbocycles. The molecule has 18 heavy (non-hydrogen) atoms. The standard InChI is InChI=1S/C13H11FN4/c14-9-2-1-3-10(15)13(9)18-8-4-5-11-12(6-8)17-7-16-11/h1-7,18H,15H2,(H,16,17). The smallest absolute Gasteiger partial charge is 0.148 e. The molecule has 0 aliphatic rings. The lowest BCUT2D eigenvalue weighted by molar-refractivity contribution is 0.632. The summed E-state index contributed by atoms with van der Waals surface area (Å²) in [6, 6.07) is 10.1. The Balaban J connectivity index is 2.00. The molecule has 0 saturated heterocycles. The molecule has 1 heterocycles. The number of H-pyrrole nitrogens is 1. The molecule has 5 heteroatoms. The number of para-hydroxylation sites is 1. The molecule has 0 amide bonds. The van der Waals surface area contributed by atoms with Crippen LogP contribution in [0.15, 0.2) is 42.7 Å². The molecule has 0 aliphatic heterocycles. The Morgan fingerprint density at radius 2 is 2.11 bits per heavy atom. The molecular formula is C13H11FN4. The molecule has 3 rings (SSSR count). The maximum absolute atomic E-state index is 13.6. The van der Waals surface area contributed by atoms with E-state index in [9.17, 15) is 4.39 Å². The molecule has 0 spiro atoms. The van der Waals surface area contributed by atoms with Crippen LogP contribution in [0.4, 0.5) is 21.5 Å². The summed E-state index contributed by atoms with van der Waals surface area (Å²) in [6.45, 7) is 0. The van der Waals surface area contributed by atoms with Crippen molar-refractivity contribution in [2.24, 2.45) is 0 Å². The van der Waals surface area contributed by atoms with Crippen LogP contribution in [0.25, 0.3) is 11.0 Å². The van der Waals surface area contributed by atoms with Crippen LogP contribution in [0.5, 0.6) is 0 Å². The minimum Gasteiger partial charge on any atom is -0.397 e. The molecule has 0 fully saturated rings. The van der Waals surface area contributed by atoms with E-state index >= 15 is 0 Å². The number of nitrogens with one attached hydrogen (secondary N) is 2. The van der Waals surface area contributed by atoms with Crippen LogP contribution in [0, 0.1) is 5.82 Å². The quantitative estimate of drug-likeness (QED) is 0.605. The first-order chi connectivity index (χ1) is 8.74. The van der Waals surface area contributed by atoms with Crippen molar-refractivity contribution in [3.05, 3.63) is 48.5 Å². The monoisotopic (exact) mass is 242 g/mol. The van der Waals surface area contributed by atoms with Crippen LogP contribution >= 0.6 is 0 Å². The van der Waals surface area contributed by atoms with Gasteiger partial charge < -0.3 is 16.0 Å². The van der Waals surface area contributed by atoms with Gasteiger partial charge in [0.05, 0.1) is 28.7 Å². The number of nitrogens with two attached hydrogens (primary N) is 1. The predicted molar refractivity (Wildman–Crippen MR) is 70.2 cm³/mol. The van der Waals surface area contributed by atoms with Crippen LogP contribution in [-0.2, 0) is 0 Å². The lowest BCUT2D eigenvalue weighted by atomic mass is 10.2. The molecule has 90 valence electrons. The highest BCUT2D eigenvalue weighted by molar-refractivity contribution is 5.82. The van der Waals surface area contributed by atoms with Gasteiger partial charge in [0.15, 0.2) is 0 Å². The Morgan fingerprint density at radius 1 is 1.22 bits per heavy atom. The third-order valence-electron chi connectivity index (χ3n) is 2.74. The fourth-order valence-electron chi connectivity index (χ4n) is 1.83. The van der Waals surface area contributed by atoms with E-state index in [4.69, 9.17) is 5.73 Å². The first-order valence-electron chi connectivity index (χ1n) is 5.48. The number of anilines is 3. The second-order valence-electron chi connectivity index (χ2n) is 3.96. The van der Waals surface area contributed by atoms with Gasteiger partial charge in [-0.2, -0.15) is 0 Å². The van der Waals surface area contributed by atoms with E-state index in [1.807, 2.05) is 18.2 Å². The number of rotatable bonds is 2. The highest BCUT2D eigenvalue weighted by Gasteiger charge is 2.06. The first-order valence-corrected chi connectivity index (χ1v) is 5.48. The maximum Gasteiger partial charge on any atom is 0.148 e. The molecule has 1 aromatic heterocycles. The zero-order chi connectivity index (χ0) is 12.5. The van der Waals surface area contributed by atoms with Gasteiger partial charge in [-0.1, -0.05) is 6.07 Å². The number of aromatic amines is 1. The summed E-state index contributed by atoms with van der Waals surface area (Å²) in [5.41, 5.74) is 8.90. The van der Waals surface area contributed by atoms with Crippen molar-refractivity contribution in [2.45, 2.75) is 0 Å². The molecule has 0 atom stereocenters. The van der Waals surface area contributed by atoms with Gasteiger partial charge in [-0.15, -0.1) is 0 Å². The van der Waals surface area contributed by atoms with E-state index in [-0.39, 0.29) is 11.5 Å². The minimum atomic E-state index is -0.375. The number of fused-ring (bicyclic) bond motifs is 1. The predicted octanol–water partition coefficient (Wildman–Crippen LogP) is 3.03. The third-order valence-corrected chi connectivity index (χ3v) is 2.74. The van der Waals surface area contributed by atoms with E-state index in [1.54, 1.807) is 18.5 Å². The van der Waals surface area contributed by atoms with Gasteiger partial charge in [0.2, 0.25) is 0 Å². The summed E-state index contributed by atoms with van der Waals surface area (Å²) in [7, 11) is 0. The van der Waals surface area contributed by atoms with Crippen molar-refractivity contribution < 1.29 is 4.39 Å².